The Bertz CT molecular complexity index is 9930. The first-order valence-corrected chi connectivity index (χ1v) is 51.5. The number of furan rings is 3. The van der Waals surface area contributed by atoms with Crippen molar-refractivity contribution in [2.24, 2.45) is 0 Å². The van der Waals surface area contributed by atoms with E-state index >= 15 is 0 Å². The summed E-state index contributed by atoms with van der Waals surface area (Å²) in [5.74, 6) is 0. The maximum atomic E-state index is 6.09. The summed E-state index contributed by atoms with van der Waals surface area (Å²) in [5, 5.41) is 17.2. The van der Waals surface area contributed by atoms with Crippen molar-refractivity contribution < 1.29 is 13.3 Å². The molecule has 0 radical (unpaired) electrons. The van der Waals surface area contributed by atoms with Crippen LogP contribution in [0.4, 0.5) is 51.2 Å². The Labute approximate surface area is 849 Å². The van der Waals surface area contributed by atoms with Gasteiger partial charge in [0, 0.05) is 144 Å². The zero-order valence-electron chi connectivity index (χ0n) is 78.5. The highest BCUT2D eigenvalue weighted by atomic mass is 32.1. The molecule has 0 saturated heterocycles. The topological polar surface area (TPSA) is 49.1 Å². The van der Waals surface area contributed by atoms with E-state index in [0.29, 0.717) is 0 Å². The minimum Gasteiger partial charge on any atom is -0.456 e. The molecule has 0 unspecified atom stereocenters. The Balaban J connectivity index is 0.000000108. The van der Waals surface area contributed by atoms with E-state index in [4.69, 9.17) is 13.3 Å². The first-order valence-electron chi connectivity index (χ1n) is 49.0. The summed E-state index contributed by atoms with van der Waals surface area (Å²) in [6.07, 6.45) is 0. The zero-order valence-corrected chi connectivity index (χ0v) is 81.0. The molecule has 6 nitrogen and oxygen atoms in total. The van der Waals surface area contributed by atoms with E-state index in [1.807, 2.05) is 70.4 Å². The molecule has 0 aliphatic heterocycles. The van der Waals surface area contributed by atoms with Crippen molar-refractivity contribution in [1.82, 2.24) is 0 Å². The Morgan fingerprint density at radius 2 is 0.372 bits per heavy atom. The van der Waals surface area contributed by atoms with E-state index < -0.39 is 0 Å². The second-order valence-corrected chi connectivity index (χ2v) is 40.0. The average Bonchev–Trinajstić information content (AvgIpc) is 1.23. The van der Waals surface area contributed by atoms with Gasteiger partial charge in [0.2, 0.25) is 0 Å². The molecule has 682 valence electrons. The molecule has 0 aliphatic rings. The highest BCUT2D eigenvalue weighted by molar-refractivity contribution is 7.27. The lowest BCUT2D eigenvalue weighted by Crippen LogP contribution is -2.10. The predicted octanol–water partition coefficient (Wildman–Crippen LogP) is 41.1. The standard InChI is InChI=1S/C48H31NOS.C46H29NOS.C42H27NOS/c1-2-9-32(10-3-1)33-17-24-37(25-18-33)49(38-26-19-34(20-27-38)36-23-30-46-44(31-36)41-11-4-6-15-45(41)50-46)39-28-21-35(22-29-39)40-13-8-14-43-42-12-5-7-16-47(42)51-48(40)43;1-2-11-36-31(9-1)10-7-16-42(36)47(34-24-19-30(20-25-34)33-23-28-44-41(29-33)38-12-3-5-17-43(38)48-44)35-26-21-32(22-27-35)37-14-8-15-40-39-13-4-6-18-45(39)49-46(37)40;1-2-9-31(10-3-1)43(32-22-17-28(18-23-32)30-21-26-40-38(27-30)35-11-4-6-15-39(35)44-40)33-24-19-29(20-25-33)34-13-8-14-37-36-12-5-7-16-41(36)45-42(34)37/h1-31H;1-29H;1-27H. The first-order chi connectivity index (χ1) is 71.8. The monoisotopic (exact) mass is 1910 g/mol. The number of anilines is 9. The number of nitrogens with zero attached hydrogens (tertiary/aromatic N) is 3. The molecule has 0 atom stereocenters. The second kappa shape index (κ2) is 36.8. The largest absolute Gasteiger partial charge is 0.456 e. The quantitative estimate of drug-likeness (QED) is 0.0961. The summed E-state index contributed by atoms with van der Waals surface area (Å²) in [5.41, 5.74) is 32.4. The molecule has 0 N–H and O–H groups in total. The predicted molar refractivity (Wildman–Crippen MR) is 619 cm³/mol. The van der Waals surface area contributed by atoms with E-state index in [9.17, 15) is 0 Å². The molecule has 0 fully saturated rings. The van der Waals surface area contributed by atoms with Crippen LogP contribution >= 0.6 is 34.0 Å². The van der Waals surface area contributed by atoms with E-state index in [2.05, 4.69) is 506 Å². The molecule has 6 heterocycles. The lowest BCUT2D eigenvalue weighted by Gasteiger charge is -2.27. The molecule has 0 aliphatic carbocycles. The van der Waals surface area contributed by atoms with E-state index in [1.165, 1.54) is 144 Å². The van der Waals surface area contributed by atoms with Gasteiger partial charge >= 0.3 is 0 Å². The van der Waals surface area contributed by atoms with Gasteiger partial charge in [-0.1, -0.05) is 352 Å². The summed E-state index contributed by atoms with van der Waals surface area (Å²) in [4.78, 5) is 7.04. The summed E-state index contributed by atoms with van der Waals surface area (Å²) in [7, 11) is 0. The second-order valence-electron chi connectivity index (χ2n) is 36.8. The molecule has 0 saturated carbocycles. The number of hydrogen-bond donors (Lipinski definition) is 0. The van der Waals surface area contributed by atoms with Crippen molar-refractivity contribution >= 4 is 222 Å². The summed E-state index contributed by atoms with van der Waals surface area (Å²) >= 11 is 5.62. The molecule has 145 heavy (non-hydrogen) atoms. The molecule has 6 aromatic heterocycles. The number of benzene rings is 23. The van der Waals surface area contributed by atoms with E-state index in [-0.39, 0.29) is 0 Å². The Kier molecular flexibility index (Phi) is 21.8. The highest BCUT2D eigenvalue weighted by Gasteiger charge is 2.24. The molecule has 0 spiro atoms. The van der Waals surface area contributed by atoms with Crippen molar-refractivity contribution in [2.45, 2.75) is 0 Å². The van der Waals surface area contributed by atoms with Gasteiger partial charge in [-0.3, -0.25) is 0 Å². The van der Waals surface area contributed by atoms with Gasteiger partial charge in [-0.2, -0.15) is 0 Å². The van der Waals surface area contributed by atoms with Gasteiger partial charge in [0.25, 0.3) is 0 Å². The molecule has 9 heteroatoms. The number of rotatable bonds is 16. The van der Waals surface area contributed by atoms with Crippen LogP contribution in [-0.4, -0.2) is 0 Å². The molecular formula is C136H87N3O3S3. The smallest absolute Gasteiger partial charge is 0.135 e. The number of hydrogen-bond acceptors (Lipinski definition) is 9. The van der Waals surface area contributed by atoms with Crippen LogP contribution < -0.4 is 14.7 Å². The normalized spacial score (nSPS) is 11.6. The molecular weight excluding hydrogens is 1820 g/mol. The summed E-state index contributed by atoms with van der Waals surface area (Å²) in [6, 6.07) is 189. The van der Waals surface area contributed by atoms with Crippen molar-refractivity contribution in [3.05, 3.63) is 528 Å². The summed E-state index contributed by atoms with van der Waals surface area (Å²) < 4.78 is 26.2. The van der Waals surface area contributed by atoms with Gasteiger partial charge < -0.3 is 28.0 Å². The third-order valence-electron chi connectivity index (χ3n) is 28.3. The van der Waals surface area contributed by atoms with Crippen LogP contribution in [0.1, 0.15) is 0 Å². The zero-order chi connectivity index (χ0) is 95.8. The minimum atomic E-state index is 0.911. The molecule has 0 bridgehead atoms. The van der Waals surface area contributed by atoms with Gasteiger partial charge in [-0.15, -0.1) is 34.0 Å². The number of para-hydroxylation sites is 4. The van der Waals surface area contributed by atoms with Crippen molar-refractivity contribution in [3.8, 4) is 77.9 Å². The van der Waals surface area contributed by atoms with Gasteiger partial charge in [0.15, 0.2) is 0 Å². The van der Waals surface area contributed by atoms with Crippen LogP contribution in [0.15, 0.2) is 541 Å². The van der Waals surface area contributed by atoms with Gasteiger partial charge in [0.05, 0.1) is 5.69 Å². The molecule has 29 aromatic rings. The lowest BCUT2D eigenvalue weighted by molar-refractivity contribution is 0.668. The highest BCUT2D eigenvalue weighted by Crippen LogP contribution is 2.50. The van der Waals surface area contributed by atoms with Crippen LogP contribution in [0.3, 0.4) is 0 Å². The van der Waals surface area contributed by atoms with Crippen molar-refractivity contribution in [3.63, 3.8) is 0 Å². The van der Waals surface area contributed by atoms with Crippen LogP contribution in [0.5, 0.6) is 0 Å². The minimum absolute atomic E-state index is 0.911. The molecule has 0 amide bonds. The Morgan fingerprint density at radius 1 is 0.138 bits per heavy atom. The van der Waals surface area contributed by atoms with Gasteiger partial charge in [-0.25, -0.2) is 0 Å². The Hall–Kier alpha value is -18.2. The van der Waals surface area contributed by atoms with Crippen LogP contribution in [0, 0.1) is 0 Å². The maximum absolute atomic E-state index is 6.09. The third kappa shape index (κ3) is 15.9. The van der Waals surface area contributed by atoms with Crippen molar-refractivity contribution in [1.29, 1.82) is 0 Å². The summed E-state index contributed by atoms with van der Waals surface area (Å²) in [6.45, 7) is 0. The van der Waals surface area contributed by atoms with Crippen LogP contribution in [0.25, 0.3) is 215 Å². The Morgan fingerprint density at radius 3 is 0.724 bits per heavy atom. The molecule has 23 aromatic carbocycles. The fraction of sp³-hybridized carbons (Fsp3) is 0. The van der Waals surface area contributed by atoms with Crippen molar-refractivity contribution in [2.75, 3.05) is 14.7 Å². The maximum Gasteiger partial charge on any atom is 0.135 e. The number of thiophene rings is 3. The first kappa shape index (κ1) is 85.9. The SMILES string of the molecule is c1ccc(-c2ccc(N(c3ccc(-c4ccc5oc6ccccc6c5c4)cc3)c3ccc(-c4cccc5c4sc4ccccc45)cc3)cc2)cc1.c1ccc(N(c2ccc(-c3ccc4oc5ccccc5c4c3)cc2)c2ccc(-c3cccc4c3sc3ccccc34)cc2)cc1.c1ccc2c(N(c3ccc(-c4ccc5oc6ccccc6c5c4)cc3)c3ccc(-c4cccc5c4sc4ccccc45)cc3)cccc2c1. The average molecular weight is 1910 g/mol. The molecule has 29 rings (SSSR count). The van der Waals surface area contributed by atoms with E-state index in [0.717, 1.165) is 123 Å². The van der Waals surface area contributed by atoms with Crippen LogP contribution in [-0.2, 0) is 0 Å². The third-order valence-corrected chi connectivity index (χ3v) is 31.9. The fourth-order valence-electron chi connectivity index (χ4n) is 21.2. The fourth-order valence-corrected chi connectivity index (χ4v) is 24.9. The van der Waals surface area contributed by atoms with E-state index in [1.54, 1.807) is 0 Å². The van der Waals surface area contributed by atoms with Gasteiger partial charge in [0.1, 0.15) is 33.5 Å². The van der Waals surface area contributed by atoms with Crippen LogP contribution in [0.2, 0.25) is 0 Å². The van der Waals surface area contributed by atoms with Gasteiger partial charge in [-0.05, 0) is 259 Å². The number of fused-ring (bicyclic) bond motifs is 19. The lowest BCUT2D eigenvalue weighted by atomic mass is 10.0.